The Labute approximate surface area is 86.0 Å². The van der Waals surface area contributed by atoms with E-state index in [2.05, 4.69) is 15.9 Å². The smallest absolute Gasteiger partial charge is 0.0698 e. The third kappa shape index (κ3) is 8.20. The quantitative estimate of drug-likeness (QED) is 0.870. The van der Waals surface area contributed by atoms with Crippen molar-refractivity contribution in [2.24, 2.45) is 0 Å². The van der Waals surface area contributed by atoms with Gasteiger partial charge in [-0.05, 0) is 41.5 Å². The predicted octanol–water partition coefficient (Wildman–Crippen LogP) is 2.05. The van der Waals surface area contributed by atoms with E-state index in [1.165, 1.54) is 3.79 Å². The molecule has 0 aliphatic rings. The number of thiophene rings is 1. The van der Waals surface area contributed by atoms with E-state index >= 15 is 0 Å². The van der Waals surface area contributed by atoms with Crippen LogP contribution in [-0.4, -0.2) is 37.3 Å². The first kappa shape index (κ1) is 12.1. The summed E-state index contributed by atoms with van der Waals surface area (Å²) in [5, 5.41) is 10.2. The molecule has 0 unspecified atom stereocenters. The van der Waals surface area contributed by atoms with Crippen LogP contribution in [0.3, 0.4) is 0 Å². The first-order valence-electron chi connectivity index (χ1n) is 3.61. The molecule has 0 bridgehead atoms. The molecule has 1 rings (SSSR count). The van der Waals surface area contributed by atoms with Gasteiger partial charge in [-0.15, -0.1) is 11.3 Å². The molecular formula is C8H14BrNOS. The molecule has 1 heterocycles. The number of nitrogens with zero attached hydrogens (tertiary/aromatic N) is 1. The molecule has 2 nitrogen and oxygen atoms in total. The van der Waals surface area contributed by atoms with Gasteiger partial charge in [-0.25, -0.2) is 0 Å². The van der Waals surface area contributed by atoms with Crippen LogP contribution in [0.1, 0.15) is 0 Å². The molecule has 0 radical (unpaired) electrons. The van der Waals surface area contributed by atoms with E-state index in [0.717, 1.165) is 6.54 Å². The zero-order valence-corrected chi connectivity index (χ0v) is 9.73. The maximum Gasteiger partial charge on any atom is 0.0698 e. The van der Waals surface area contributed by atoms with Crippen molar-refractivity contribution < 1.29 is 5.11 Å². The molecule has 0 saturated carbocycles. The maximum atomic E-state index is 8.20. The fraction of sp³-hybridized carbons (Fsp3) is 0.500. The SMILES string of the molecule is Brc1cccs1.CN(C)CCO. The van der Waals surface area contributed by atoms with E-state index in [1.54, 1.807) is 11.3 Å². The Balaban J connectivity index is 0.000000202. The number of rotatable bonds is 2. The standard InChI is InChI=1S/C4H3BrS.C4H11NO/c5-4-2-1-3-6-4;1-5(2)3-4-6/h1-3H;6H,3-4H2,1-2H3. The van der Waals surface area contributed by atoms with Crippen LogP contribution in [0.5, 0.6) is 0 Å². The number of likely N-dealkylation sites (N-methyl/N-ethyl adjacent to an activating group) is 1. The molecule has 0 saturated heterocycles. The van der Waals surface area contributed by atoms with Gasteiger partial charge in [-0.1, -0.05) is 6.07 Å². The molecule has 70 valence electrons. The molecular weight excluding hydrogens is 238 g/mol. The lowest BCUT2D eigenvalue weighted by molar-refractivity contribution is 0.243. The minimum absolute atomic E-state index is 0.257. The summed E-state index contributed by atoms with van der Waals surface area (Å²) in [6, 6.07) is 4.03. The van der Waals surface area contributed by atoms with Gasteiger partial charge in [0.15, 0.2) is 0 Å². The van der Waals surface area contributed by atoms with Crippen molar-refractivity contribution in [3.8, 4) is 0 Å². The fourth-order valence-electron chi connectivity index (χ4n) is 0.459. The zero-order chi connectivity index (χ0) is 9.40. The summed E-state index contributed by atoms with van der Waals surface area (Å²) in [4.78, 5) is 1.93. The van der Waals surface area contributed by atoms with Gasteiger partial charge in [0.05, 0.1) is 10.4 Å². The van der Waals surface area contributed by atoms with Gasteiger partial charge in [-0.2, -0.15) is 0 Å². The number of hydrogen-bond donors (Lipinski definition) is 1. The first-order chi connectivity index (χ1) is 5.66. The molecule has 1 aromatic heterocycles. The predicted molar refractivity (Wildman–Crippen MR) is 57.7 cm³/mol. The molecule has 0 aliphatic carbocycles. The van der Waals surface area contributed by atoms with Crippen LogP contribution < -0.4 is 0 Å². The van der Waals surface area contributed by atoms with Gasteiger partial charge in [0.2, 0.25) is 0 Å². The second-order valence-corrected chi connectivity index (χ2v) is 4.77. The van der Waals surface area contributed by atoms with Gasteiger partial charge in [-0.3, -0.25) is 0 Å². The van der Waals surface area contributed by atoms with E-state index in [1.807, 2.05) is 36.5 Å². The Morgan fingerprint density at radius 1 is 1.58 bits per heavy atom. The minimum atomic E-state index is 0.257. The van der Waals surface area contributed by atoms with Gasteiger partial charge in [0.25, 0.3) is 0 Å². The van der Waals surface area contributed by atoms with E-state index in [0.29, 0.717) is 0 Å². The summed E-state index contributed by atoms with van der Waals surface area (Å²) in [6.07, 6.45) is 0. The molecule has 0 amide bonds. The average molecular weight is 252 g/mol. The lowest BCUT2D eigenvalue weighted by Crippen LogP contribution is -2.15. The number of aliphatic hydroxyl groups excluding tert-OH is 1. The third-order valence-corrected chi connectivity index (χ3v) is 2.51. The van der Waals surface area contributed by atoms with Gasteiger partial charge >= 0.3 is 0 Å². The van der Waals surface area contributed by atoms with Gasteiger partial charge in [0.1, 0.15) is 0 Å². The van der Waals surface area contributed by atoms with Crippen molar-refractivity contribution in [1.29, 1.82) is 0 Å². The minimum Gasteiger partial charge on any atom is -0.395 e. The second kappa shape index (κ2) is 7.73. The van der Waals surface area contributed by atoms with Crippen LogP contribution >= 0.6 is 27.3 Å². The third-order valence-electron chi connectivity index (χ3n) is 1.03. The molecule has 0 spiro atoms. The fourth-order valence-corrected chi connectivity index (χ4v) is 1.38. The summed E-state index contributed by atoms with van der Waals surface area (Å²) in [5.41, 5.74) is 0. The maximum absolute atomic E-state index is 8.20. The Hall–Kier alpha value is 0.1000. The summed E-state index contributed by atoms with van der Waals surface area (Å²) >= 11 is 4.99. The molecule has 0 aromatic carbocycles. The van der Waals surface area contributed by atoms with Crippen LogP contribution in [0.15, 0.2) is 21.3 Å². The van der Waals surface area contributed by atoms with E-state index in [-0.39, 0.29) is 6.61 Å². The Kier molecular flexibility index (Phi) is 7.80. The van der Waals surface area contributed by atoms with E-state index in [4.69, 9.17) is 5.11 Å². The van der Waals surface area contributed by atoms with Crippen molar-refractivity contribution in [3.05, 3.63) is 21.3 Å². The van der Waals surface area contributed by atoms with Crippen molar-refractivity contribution in [2.75, 3.05) is 27.2 Å². The molecule has 1 N–H and O–H groups in total. The zero-order valence-electron chi connectivity index (χ0n) is 7.33. The van der Waals surface area contributed by atoms with E-state index < -0.39 is 0 Å². The summed E-state index contributed by atoms with van der Waals surface area (Å²) in [5.74, 6) is 0. The van der Waals surface area contributed by atoms with Crippen LogP contribution in [0.2, 0.25) is 0 Å². The Bertz CT molecular complexity index is 177. The van der Waals surface area contributed by atoms with Crippen LogP contribution in [0.4, 0.5) is 0 Å². The lowest BCUT2D eigenvalue weighted by atomic mass is 10.6. The summed E-state index contributed by atoms with van der Waals surface area (Å²) < 4.78 is 1.20. The van der Waals surface area contributed by atoms with E-state index in [9.17, 15) is 0 Å². The highest BCUT2D eigenvalue weighted by molar-refractivity contribution is 9.11. The average Bonchev–Trinajstić information content (AvgIpc) is 2.40. The Morgan fingerprint density at radius 3 is 2.33 bits per heavy atom. The normalized spacial score (nSPS) is 9.42. The molecule has 1 aromatic rings. The topological polar surface area (TPSA) is 23.5 Å². The lowest BCUT2D eigenvalue weighted by Gasteiger charge is -2.03. The first-order valence-corrected chi connectivity index (χ1v) is 5.28. The van der Waals surface area contributed by atoms with Crippen molar-refractivity contribution in [1.82, 2.24) is 4.90 Å². The molecule has 4 heteroatoms. The van der Waals surface area contributed by atoms with Gasteiger partial charge in [0, 0.05) is 6.54 Å². The number of hydrogen-bond acceptors (Lipinski definition) is 3. The molecule has 0 atom stereocenters. The van der Waals surface area contributed by atoms with Crippen LogP contribution in [0, 0.1) is 0 Å². The summed E-state index contributed by atoms with van der Waals surface area (Å²) in [6.45, 7) is 1.02. The molecule has 12 heavy (non-hydrogen) atoms. The van der Waals surface area contributed by atoms with Crippen molar-refractivity contribution in [2.45, 2.75) is 0 Å². The van der Waals surface area contributed by atoms with Crippen molar-refractivity contribution in [3.63, 3.8) is 0 Å². The van der Waals surface area contributed by atoms with Crippen LogP contribution in [-0.2, 0) is 0 Å². The number of halogens is 1. The summed E-state index contributed by atoms with van der Waals surface area (Å²) in [7, 11) is 3.85. The van der Waals surface area contributed by atoms with Gasteiger partial charge < -0.3 is 10.0 Å². The highest BCUT2D eigenvalue weighted by Crippen LogP contribution is 2.14. The second-order valence-electron chi connectivity index (χ2n) is 2.44. The highest BCUT2D eigenvalue weighted by atomic mass is 79.9. The Morgan fingerprint density at radius 2 is 2.25 bits per heavy atom. The molecule has 0 fully saturated rings. The molecule has 0 aliphatic heterocycles. The van der Waals surface area contributed by atoms with Crippen LogP contribution in [0.25, 0.3) is 0 Å². The largest absolute Gasteiger partial charge is 0.395 e. The monoisotopic (exact) mass is 251 g/mol. The van der Waals surface area contributed by atoms with Crippen molar-refractivity contribution >= 4 is 27.3 Å². The highest BCUT2D eigenvalue weighted by Gasteiger charge is 1.80. The number of aliphatic hydroxyl groups is 1.